The van der Waals surface area contributed by atoms with E-state index in [1.165, 1.54) is 263 Å². The van der Waals surface area contributed by atoms with E-state index in [0.717, 1.165) is 38.5 Å². The molecule has 14 heteroatoms. The van der Waals surface area contributed by atoms with Crippen molar-refractivity contribution in [3.63, 3.8) is 0 Å². The van der Waals surface area contributed by atoms with Crippen LogP contribution >= 0.6 is 0 Å². The number of hydrogen-bond donors (Lipinski definition) is 9. The highest BCUT2D eigenvalue weighted by molar-refractivity contribution is 5.76. The Morgan fingerprint density at radius 3 is 1.11 bits per heavy atom. The lowest BCUT2D eigenvalue weighted by molar-refractivity contribution is -0.359. The maximum absolute atomic E-state index is 13.3. The number of aliphatic hydroxyl groups excluding tert-OH is 8. The molecule has 9 N–H and O–H groups in total. The van der Waals surface area contributed by atoms with E-state index in [1.54, 1.807) is 6.08 Å². The van der Waals surface area contributed by atoms with Gasteiger partial charge in [-0.25, -0.2) is 0 Å². The van der Waals surface area contributed by atoms with Gasteiger partial charge < -0.3 is 65.1 Å². The van der Waals surface area contributed by atoms with Gasteiger partial charge in [-0.3, -0.25) is 4.79 Å². The van der Waals surface area contributed by atoms with E-state index in [4.69, 9.17) is 18.9 Å². The van der Waals surface area contributed by atoms with Crippen molar-refractivity contribution in [3.05, 3.63) is 12.2 Å². The van der Waals surface area contributed by atoms with E-state index in [0.29, 0.717) is 6.42 Å². The molecule has 2 aliphatic heterocycles. The standard InChI is InChI=1S/C69H133NO13/c1-3-5-7-9-11-13-15-17-19-20-21-22-23-24-25-26-27-28-29-30-31-32-33-34-35-36-37-38-39-41-43-45-47-49-51-53-61(74)70-57(58(73)52-50-48-46-44-42-40-18-16-14-12-10-8-6-4-2)56-80-68-66(79)64(77)67(60(55-72)82-68)83-69-65(78)63(76)62(75)59(54-71)81-69/h50,52,57-60,62-69,71-73,75-79H,3-49,51,53-56H2,1-2H3,(H,70,74)/b52-50+. The molecule has 83 heavy (non-hydrogen) atoms. The smallest absolute Gasteiger partial charge is 0.220 e. The molecule has 0 aliphatic carbocycles. The Hall–Kier alpha value is -1.27. The number of hydrogen-bond acceptors (Lipinski definition) is 13. The Morgan fingerprint density at radius 1 is 0.422 bits per heavy atom. The molecule has 12 atom stereocenters. The summed E-state index contributed by atoms with van der Waals surface area (Å²) in [5, 5.41) is 87.2. The van der Waals surface area contributed by atoms with Crippen LogP contribution in [0, 0.1) is 0 Å². The number of amides is 1. The van der Waals surface area contributed by atoms with Gasteiger partial charge in [0, 0.05) is 6.42 Å². The zero-order chi connectivity index (χ0) is 60.2. The van der Waals surface area contributed by atoms with Crippen molar-refractivity contribution >= 4 is 5.91 Å². The summed E-state index contributed by atoms with van der Waals surface area (Å²) < 4.78 is 22.8. The molecule has 0 aromatic heterocycles. The Morgan fingerprint density at radius 2 is 0.747 bits per heavy atom. The van der Waals surface area contributed by atoms with E-state index in [1.807, 2.05) is 6.08 Å². The summed E-state index contributed by atoms with van der Waals surface area (Å²) in [5.74, 6) is -0.232. The molecule has 0 radical (unpaired) electrons. The molecule has 2 heterocycles. The second kappa shape index (κ2) is 54.8. The maximum Gasteiger partial charge on any atom is 0.220 e. The third kappa shape index (κ3) is 39.4. The maximum atomic E-state index is 13.3. The van der Waals surface area contributed by atoms with Gasteiger partial charge in [-0.2, -0.15) is 0 Å². The molecule has 0 aromatic carbocycles. The normalized spacial score (nSPS) is 23.8. The molecular weight excluding hydrogens is 1050 g/mol. The molecule has 2 rings (SSSR count). The van der Waals surface area contributed by atoms with Gasteiger partial charge in [0.1, 0.15) is 48.8 Å². The van der Waals surface area contributed by atoms with Crippen molar-refractivity contribution in [3.8, 4) is 0 Å². The number of allylic oxidation sites excluding steroid dienone is 1. The minimum Gasteiger partial charge on any atom is -0.394 e. The lowest BCUT2D eigenvalue weighted by Crippen LogP contribution is -2.65. The predicted octanol–water partition coefficient (Wildman–Crippen LogP) is 14.2. The van der Waals surface area contributed by atoms with Crippen LogP contribution < -0.4 is 5.32 Å². The number of carbonyl (C=O) groups is 1. The molecule has 2 aliphatic rings. The lowest BCUT2D eigenvalue weighted by atomic mass is 9.97. The van der Waals surface area contributed by atoms with Crippen molar-refractivity contribution in [1.29, 1.82) is 0 Å². The van der Waals surface area contributed by atoms with Crippen molar-refractivity contribution in [1.82, 2.24) is 5.32 Å². The number of aliphatic hydroxyl groups is 8. The molecule has 0 saturated carbocycles. The van der Waals surface area contributed by atoms with E-state index < -0.39 is 86.8 Å². The van der Waals surface area contributed by atoms with Crippen LogP contribution in [-0.2, 0) is 23.7 Å². The van der Waals surface area contributed by atoms with Crippen molar-refractivity contribution in [2.45, 2.75) is 402 Å². The van der Waals surface area contributed by atoms with Gasteiger partial charge in [-0.1, -0.05) is 315 Å². The van der Waals surface area contributed by atoms with Crippen molar-refractivity contribution in [2.75, 3.05) is 19.8 Å². The van der Waals surface area contributed by atoms with E-state index in [2.05, 4.69) is 19.2 Å². The number of unbranched alkanes of at least 4 members (excludes halogenated alkanes) is 46. The fraction of sp³-hybridized carbons (Fsp3) is 0.957. The molecule has 492 valence electrons. The summed E-state index contributed by atoms with van der Waals surface area (Å²) in [5.41, 5.74) is 0. The first-order valence-corrected chi connectivity index (χ1v) is 35.4. The van der Waals surface area contributed by atoms with Crippen LogP contribution in [0.25, 0.3) is 0 Å². The van der Waals surface area contributed by atoms with E-state index in [9.17, 15) is 45.6 Å². The molecule has 12 unspecified atom stereocenters. The molecule has 1 amide bonds. The fourth-order valence-electron chi connectivity index (χ4n) is 12.1. The Bertz CT molecular complexity index is 1440. The molecule has 2 saturated heterocycles. The summed E-state index contributed by atoms with van der Waals surface area (Å²) in [7, 11) is 0. The average molecular weight is 1180 g/mol. The third-order valence-electron chi connectivity index (χ3n) is 17.7. The zero-order valence-corrected chi connectivity index (χ0v) is 53.5. The first-order valence-electron chi connectivity index (χ1n) is 35.4. The molecule has 0 spiro atoms. The number of ether oxygens (including phenoxy) is 4. The summed E-state index contributed by atoms with van der Waals surface area (Å²) >= 11 is 0. The molecule has 14 nitrogen and oxygen atoms in total. The van der Waals surface area contributed by atoms with Gasteiger partial charge in [0.2, 0.25) is 5.91 Å². The van der Waals surface area contributed by atoms with Gasteiger partial charge in [-0.15, -0.1) is 0 Å². The third-order valence-corrected chi connectivity index (χ3v) is 17.7. The average Bonchev–Trinajstić information content (AvgIpc) is 3.61. The van der Waals surface area contributed by atoms with Crippen LogP contribution in [-0.4, -0.2) is 140 Å². The first kappa shape index (κ1) is 77.8. The Labute approximate surface area is 507 Å². The Balaban J connectivity index is 1.58. The van der Waals surface area contributed by atoms with Gasteiger partial charge in [0.25, 0.3) is 0 Å². The van der Waals surface area contributed by atoms with Crippen LogP contribution in [0.4, 0.5) is 0 Å². The van der Waals surface area contributed by atoms with Gasteiger partial charge >= 0.3 is 0 Å². The van der Waals surface area contributed by atoms with Gasteiger partial charge in [-0.05, 0) is 19.3 Å². The summed E-state index contributed by atoms with van der Waals surface area (Å²) in [6.07, 6.45) is 50.1. The molecular formula is C69H133NO13. The molecule has 0 aromatic rings. The highest BCUT2D eigenvalue weighted by Crippen LogP contribution is 2.30. The quantitative estimate of drug-likeness (QED) is 0.0204. The largest absolute Gasteiger partial charge is 0.394 e. The summed E-state index contributed by atoms with van der Waals surface area (Å²) in [6.45, 7) is 2.84. The molecule has 0 bridgehead atoms. The predicted molar refractivity (Wildman–Crippen MR) is 337 cm³/mol. The highest BCUT2D eigenvalue weighted by Gasteiger charge is 2.51. The SMILES string of the molecule is CCCCCCCCCCCCCC/C=C/C(O)C(COC1OC(CO)C(OC2OC(CO)C(O)C(O)C2O)C(O)C1O)NC(=O)CCCCCCCCCCCCCCCCCCCCCCCCCCCCCCCCCCCCC. The van der Waals surface area contributed by atoms with Crippen LogP contribution in [0.1, 0.15) is 328 Å². The zero-order valence-electron chi connectivity index (χ0n) is 53.5. The molecule has 2 fully saturated rings. The Kier molecular flexibility index (Phi) is 51.4. The van der Waals surface area contributed by atoms with Gasteiger partial charge in [0.15, 0.2) is 12.6 Å². The second-order valence-corrected chi connectivity index (χ2v) is 25.4. The minimum absolute atomic E-state index is 0.232. The van der Waals surface area contributed by atoms with Gasteiger partial charge in [0.05, 0.1) is 32.0 Å². The van der Waals surface area contributed by atoms with Crippen LogP contribution in [0.5, 0.6) is 0 Å². The summed E-state index contributed by atoms with van der Waals surface area (Å²) in [4.78, 5) is 13.3. The monoisotopic (exact) mass is 1180 g/mol. The van der Waals surface area contributed by atoms with Crippen molar-refractivity contribution in [2.24, 2.45) is 0 Å². The van der Waals surface area contributed by atoms with E-state index in [-0.39, 0.29) is 18.9 Å². The second-order valence-electron chi connectivity index (χ2n) is 25.4. The topological polar surface area (TPSA) is 228 Å². The fourth-order valence-corrected chi connectivity index (χ4v) is 12.1. The first-order chi connectivity index (χ1) is 40.6. The van der Waals surface area contributed by atoms with Crippen molar-refractivity contribution < 1.29 is 64.6 Å². The van der Waals surface area contributed by atoms with Crippen LogP contribution in [0.2, 0.25) is 0 Å². The van der Waals surface area contributed by atoms with Crippen LogP contribution in [0.15, 0.2) is 12.2 Å². The minimum atomic E-state index is -1.79. The lowest BCUT2D eigenvalue weighted by Gasteiger charge is -2.46. The highest BCUT2D eigenvalue weighted by atomic mass is 16.7. The summed E-state index contributed by atoms with van der Waals surface area (Å²) in [6, 6.07) is -0.910. The van der Waals surface area contributed by atoms with Crippen LogP contribution in [0.3, 0.4) is 0 Å². The number of carbonyl (C=O) groups excluding carboxylic acids is 1. The number of rotatable bonds is 59. The van der Waals surface area contributed by atoms with E-state index >= 15 is 0 Å². The number of nitrogens with one attached hydrogen (secondary N) is 1.